The van der Waals surface area contributed by atoms with Gasteiger partial charge in [0.15, 0.2) is 0 Å². The lowest BCUT2D eigenvalue weighted by atomic mass is 9.84. The zero-order valence-electron chi connectivity index (χ0n) is 23.9. The van der Waals surface area contributed by atoms with Crippen molar-refractivity contribution < 1.29 is 19.4 Å². The molecule has 2 aromatic carbocycles. The molecule has 0 bridgehead atoms. The fourth-order valence-corrected chi connectivity index (χ4v) is 6.77. The number of benzene rings is 2. The van der Waals surface area contributed by atoms with Crippen LogP contribution in [0.1, 0.15) is 41.6 Å². The van der Waals surface area contributed by atoms with Crippen LogP contribution in [-0.2, 0) is 22.6 Å². The molecular formula is C32H37N5O5. The number of carbonyl (C=O) groups excluding carboxylic acids is 1. The van der Waals surface area contributed by atoms with Gasteiger partial charge in [0.1, 0.15) is 11.3 Å². The molecule has 1 aromatic heterocycles. The van der Waals surface area contributed by atoms with Gasteiger partial charge in [0.2, 0.25) is 5.91 Å². The van der Waals surface area contributed by atoms with Crippen LogP contribution < -0.4 is 5.69 Å². The van der Waals surface area contributed by atoms with Crippen LogP contribution in [-0.4, -0.2) is 86.2 Å². The highest BCUT2D eigenvalue weighted by Gasteiger charge is 2.55. The summed E-state index contributed by atoms with van der Waals surface area (Å²) in [7, 11) is 1.66. The second-order valence-electron chi connectivity index (χ2n) is 11.4. The van der Waals surface area contributed by atoms with E-state index in [1.807, 2.05) is 41.3 Å². The Hall–Kier alpha value is -4.15. The Balaban J connectivity index is 1.15. The van der Waals surface area contributed by atoms with Crippen molar-refractivity contribution in [2.45, 2.75) is 50.4 Å². The van der Waals surface area contributed by atoms with Gasteiger partial charge in [0, 0.05) is 32.2 Å². The molecular weight excluding hydrogens is 534 g/mol. The summed E-state index contributed by atoms with van der Waals surface area (Å²) in [5.41, 5.74) is 2.12. The Morgan fingerprint density at radius 3 is 2.64 bits per heavy atom. The number of H-pyrrole nitrogens is 1. The Bertz CT molecular complexity index is 1600. The molecule has 3 aliphatic rings. The molecule has 10 nitrogen and oxygen atoms in total. The van der Waals surface area contributed by atoms with E-state index in [-0.39, 0.29) is 23.2 Å². The number of para-hydroxylation sites is 2. The summed E-state index contributed by atoms with van der Waals surface area (Å²) < 4.78 is 7.20. The maximum atomic E-state index is 14.2. The number of rotatable bonds is 9. The summed E-state index contributed by atoms with van der Waals surface area (Å²) in [4.78, 5) is 47.7. The SMILES string of the molecule is COC1=CCC(N2CN(Cc3cccc(C(=O)O)c3)C(=O)C23CCN(CCCn2c(=O)[nH]c4ccccc42)CC3)C=C1. The lowest BCUT2D eigenvalue weighted by molar-refractivity contribution is -0.136. The number of carbonyl (C=O) groups is 2. The molecule has 2 N–H and O–H groups in total. The van der Waals surface area contributed by atoms with Gasteiger partial charge in [-0.2, -0.15) is 0 Å². The number of aromatic amines is 1. The first-order valence-electron chi connectivity index (χ1n) is 14.6. The number of fused-ring (bicyclic) bond motifs is 1. The summed E-state index contributed by atoms with van der Waals surface area (Å²) in [5.74, 6) is -0.0295. The number of methoxy groups -OCH3 is 1. The van der Waals surface area contributed by atoms with Crippen molar-refractivity contribution in [1.29, 1.82) is 0 Å². The third-order valence-corrected chi connectivity index (χ3v) is 9.01. The first-order valence-corrected chi connectivity index (χ1v) is 14.6. The second-order valence-corrected chi connectivity index (χ2v) is 11.4. The van der Waals surface area contributed by atoms with Crippen LogP contribution in [0.4, 0.5) is 0 Å². The number of allylic oxidation sites excluding steroid dienone is 1. The number of hydrogen-bond acceptors (Lipinski definition) is 6. The molecule has 1 aliphatic carbocycles. The van der Waals surface area contributed by atoms with Crippen molar-refractivity contribution in [3.05, 3.63) is 94.1 Å². The van der Waals surface area contributed by atoms with Gasteiger partial charge in [0.25, 0.3) is 0 Å². The molecule has 2 aliphatic heterocycles. The van der Waals surface area contributed by atoms with Crippen LogP contribution in [0.25, 0.3) is 11.0 Å². The Morgan fingerprint density at radius 1 is 1.10 bits per heavy atom. The number of imidazole rings is 1. The zero-order valence-corrected chi connectivity index (χ0v) is 23.9. The molecule has 1 spiro atoms. The van der Waals surface area contributed by atoms with Crippen molar-refractivity contribution >= 4 is 22.9 Å². The predicted molar refractivity (Wildman–Crippen MR) is 159 cm³/mol. The number of nitrogens with one attached hydrogen (secondary N) is 1. The molecule has 10 heteroatoms. The van der Waals surface area contributed by atoms with Gasteiger partial charge in [-0.3, -0.25) is 14.3 Å². The van der Waals surface area contributed by atoms with E-state index in [2.05, 4.69) is 26.9 Å². The van der Waals surface area contributed by atoms with Crippen LogP contribution in [0.3, 0.4) is 0 Å². The number of likely N-dealkylation sites (tertiary alicyclic amines) is 1. The second kappa shape index (κ2) is 11.6. The van der Waals surface area contributed by atoms with E-state index in [1.165, 1.54) is 0 Å². The average Bonchev–Trinajstić information content (AvgIpc) is 3.47. The Labute approximate surface area is 244 Å². The number of nitrogens with zero attached hydrogens (tertiary/aromatic N) is 4. The molecule has 3 heterocycles. The number of ether oxygens (including phenoxy) is 1. The number of aromatic nitrogens is 2. The largest absolute Gasteiger partial charge is 0.497 e. The molecule has 2 saturated heterocycles. The first-order chi connectivity index (χ1) is 20.4. The highest BCUT2D eigenvalue weighted by molar-refractivity contribution is 5.89. The van der Waals surface area contributed by atoms with E-state index < -0.39 is 11.5 Å². The van der Waals surface area contributed by atoms with E-state index in [0.29, 0.717) is 19.8 Å². The highest BCUT2D eigenvalue weighted by Crippen LogP contribution is 2.40. The van der Waals surface area contributed by atoms with Gasteiger partial charge in [-0.1, -0.05) is 30.3 Å². The van der Waals surface area contributed by atoms with Crippen LogP contribution in [0.2, 0.25) is 0 Å². The normalized spacial score (nSPS) is 20.9. The zero-order chi connectivity index (χ0) is 29.3. The van der Waals surface area contributed by atoms with E-state index in [9.17, 15) is 19.5 Å². The minimum Gasteiger partial charge on any atom is -0.497 e. The summed E-state index contributed by atoms with van der Waals surface area (Å²) in [6.45, 7) is 3.94. The molecule has 1 atom stereocenters. The van der Waals surface area contributed by atoms with Crippen molar-refractivity contribution in [2.24, 2.45) is 0 Å². The summed E-state index contributed by atoms with van der Waals surface area (Å²) in [5, 5.41) is 9.44. The molecule has 1 unspecified atom stereocenters. The topological polar surface area (TPSA) is 111 Å². The quantitative estimate of drug-likeness (QED) is 0.405. The molecule has 2 fully saturated rings. The van der Waals surface area contributed by atoms with Crippen LogP contribution in [0.15, 0.2) is 77.3 Å². The van der Waals surface area contributed by atoms with Crippen LogP contribution in [0, 0.1) is 0 Å². The van der Waals surface area contributed by atoms with E-state index in [1.54, 1.807) is 29.9 Å². The summed E-state index contributed by atoms with van der Waals surface area (Å²) >= 11 is 0. The summed E-state index contributed by atoms with van der Waals surface area (Å²) in [6.07, 6.45) is 9.23. The van der Waals surface area contributed by atoms with Gasteiger partial charge in [0.05, 0.1) is 30.4 Å². The number of amides is 1. The van der Waals surface area contributed by atoms with E-state index >= 15 is 0 Å². The van der Waals surface area contributed by atoms with Crippen LogP contribution >= 0.6 is 0 Å². The molecule has 220 valence electrons. The molecule has 6 rings (SSSR count). The lowest BCUT2D eigenvalue weighted by Crippen LogP contribution is -2.58. The van der Waals surface area contributed by atoms with Gasteiger partial charge >= 0.3 is 11.7 Å². The number of carboxylic acids is 1. The number of aryl methyl sites for hydroxylation is 1. The number of piperidine rings is 1. The monoisotopic (exact) mass is 571 g/mol. The van der Waals surface area contributed by atoms with Gasteiger partial charge < -0.3 is 24.6 Å². The van der Waals surface area contributed by atoms with E-state index in [0.717, 1.165) is 67.7 Å². The average molecular weight is 572 g/mol. The van der Waals surface area contributed by atoms with Crippen LogP contribution in [0.5, 0.6) is 0 Å². The minimum atomic E-state index is -0.974. The maximum absolute atomic E-state index is 14.2. The molecule has 3 aromatic rings. The minimum absolute atomic E-state index is 0.0727. The van der Waals surface area contributed by atoms with Crippen molar-refractivity contribution in [1.82, 2.24) is 24.3 Å². The standard InChI is InChI=1S/C32H37N5O5/c1-42-26-12-10-25(11-13-26)37-22-35(21-23-6-4-7-24(20-23)29(38)39)30(40)32(37)14-18-34(19-15-32)16-5-17-36-28-9-3-2-8-27(28)33-31(36)41/h2-4,6-10,12-13,20,25H,5,11,14-19,21-22H2,1H3,(H,33,41)(H,38,39). The molecule has 42 heavy (non-hydrogen) atoms. The fourth-order valence-electron chi connectivity index (χ4n) is 6.77. The smallest absolute Gasteiger partial charge is 0.335 e. The maximum Gasteiger partial charge on any atom is 0.335 e. The molecule has 1 amide bonds. The number of aromatic carboxylic acids is 1. The van der Waals surface area contributed by atoms with Gasteiger partial charge in [-0.25, -0.2) is 9.59 Å². The van der Waals surface area contributed by atoms with Crippen molar-refractivity contribution in [3.63, 3.8) is 0 Å². The van der Waals surface area contributed by atoms with E-state index in [4.69, 9.17) is 4.74 Å². The molecule has 0 saturated carbocycles. The number of carboxylic acid groups (broad SMARTS) is 1. The molecule has 0 radical (unpaired) electrons. The third-order valence-electron chi connectivity index (χ3n) is 9.01. The third kappa shape index (κ3) is 5.28. The van der Waals surface area contributed by atoms with Crippen molar-refractivity contribution in [3.8, 4) is 0 Å². The van der Waals surface area contributed by atoms with Gasteiger partial charge in [-0.05, 0) is 74.2 Å². The predicted octanol–water partition coefficient (Wildman–Crippen LogP) is 3.41. The number of hydrogen-bond donors (Lipinski definition) is 2. The fraction of sp³-hybridized carbons (Fsp3) is 0.406. The lowest BCUT2D eigenvalue weighted by Gasteiger charge is -2.45. The Morgan fingerprint density at radius 2 is 1.90 bits per heavy atom. The Kier molecular flexibility index (Phi) is 7.74. The summed E-state index contributed by atoms with van der Waals surface area (Å²) in [6, 6.07) is 14.7. The highest BCUT2D eigenvalue weighted by atomic mass is 16.5. The van der Waals surface area contributed by atoms with Crippen molar-refractivity contribution in [2.75, 3.05) is 33.4 Å². The van der Waals surface area contributed by atoms with Gasteiger partial charge in [-0.15, -0.1) is 0 Å². The first kappa shape index (κ1) is 28.0.